The van der Waals surface area contributed by atoms with Gasteiger partial charge < -0.3 is 10.1 Å². The summed E-state index contributed by atoms with van der Waals surface area (Å²) >= 11 is 5.36. The quantitative estimate of drug-likeness (QED) is 0.781. The number of nitrogens with zero attached hydrogens (tertiary/aromatic N) is 1. The van der Waals surface area contributed by atoms with Crippen LogP contribution in [0.25, 0.3) is 0 Å². The second-order valence-corrected chi connectivity index (χ2v) is 7.06. The lowest BCUT2D eigenvalue weighted by Gasteiger charge is -2.29. The van der Waals surface area contributed by atoms with Gasteiger partial charge in [-0.3, -0.25) is 4.90 Å². The van der Waals surface area contributed by atoms with Gasteiger partial charge in [0, 0.05) is 41.5 Å². The standard InChI is InChI=1S/C14H23BrN2OS.ClH/c1-18-7-6-17(9-12-2-4-16-5-3-12)10-14-8-13(15)11-19-14;/h8,11-12,16H,2-7,9-10H2,1H3;1H. The fraction of sp³-hybridized carbons (Fsp3) is 0.714. The maximum atomic E-state index is 5.24. The monoisotopic (exact) mass is 382 g/mol. The van der Waals surface area contributed by atoms with Crippen molar-refractivity contribution < 1.29 is 4.74 Å². The van der Waals surface area contributed by atoms with E-state index in [2.05, 4.69) is 37.6 Å². The molecule has 0 bridgehead atoms. The van der Waals surface area contributed by atoms with Crippen molar-refractivity contribution in [3.63, 3.8) is 0 Å². The van der Waals surface area contributed by atoms with Crippen LogP contribution in [0.4, 0.5) is 0 Å². The molecule has 1 saturated heterocycles. The summed E-state index contributed by atoms with van der Waals surface area (Å²) in [6.45, 7) is 6.43. The van der Waals surface area contributed by atoms with Crippen molar-refractivity contribution >= 4 is 39.7 Å². The maximum Gasteiger partial charge on any atom is 0.0589 e. The number of halogens is 2. The minimum absolute atomic E-state index is 0. The highest BCUT2D eigenvalue weighted by atomic mass is 79.9. The largest absolute Gasteiger partial charge is 0.383 e. The molecule has 1 aromatic heterocycles. The summed E-state index contributed by atoms with van der Waals surface area (Å²) in [6, 6.07) is 2.23. The highest BCUT2D eigenvalue weighted by molar-refractivity contribution is 9.10. The van der Waals surface area contributed by atoms with E-state index < -0.39 is 0 Å². The number of nitrogens with one attached hydrogen (secondary N) is 1. The van der Waals surface area contributed by atoms with Crippen molar-refractivity contribution in [1.29, 1.82) is 0 Å². The fourth-order valence-electron chi connectivity index (χ4n) is 2.54. The lowest BCUT2D eigenvalue weighted by atomic mass is 9.97. The highest BCUT2D eigenvalue weighted by Gasteiger charge is 2.17. The molecule has 0 atom stereocenters. The maximum absolute atomic E-state index is 5.24. The second-order valence-electron chi connectivity index (χ2n) is 5.15. The molecule has 0 radical (unpaired) electrons. The van der Waals surface area contributed by atoms with Crippen molar-refractivity contribution in [3.05, 3.63) is 20.8 Å². The average Bonchev–Trinajstić information content (AvgIpc) is 2.82. The number of hydrogen-bond donors (Lipinski definition) is 1. The van der Waals surface area contributed by atoms with Gasteiger partial charge in [0.25, 0.3) is 0 Å². The predicted octanol–water partition coefficient (Wildman–Crippen LogP) is 3.38. The molecule has 1 aromatic rings. The van der Waals surface area contributed by atoms with Crippen LogP contribution in [-0.2, 0) is 11.3 Å². The molecule has 0 aromatic carbocycles. The van der Waals surface area contributed by atoms with Crippen molar-refractivity contribution in [3.8, 4) is 0 Å². The Kier molecular flexibility index (Phi) is 9.33. The van der Waals surface area contributed by atoms with Crippen molar-refractivity contribution in [2.75, 3.05) is 39.9 Å². The zero-order valence-electron chi connectivity index (χ0n) is 11.9. The molecule has 2 rings (SSSR count). The molecule has 1 fully saturated rings. The molecule has 0 unspecified atom stereocenters. The van der Waals surface area contributed by atoms with E-state index in [1.807, 2.05) is 11.3 Å². The molecule has 1 aliphatic heterocycles. The van der Waals surface area contributed by atoms with Crippen molar-refractivity contribution in [1.82, 2.24) is 10.2 Å². The first kappa shape index (κ1) is 18.4. The van der Waals surface area contributed by atoms with Gasteiger partial charge in [-0.25, -0.2) is 0 Å². The Morgan fingerprint density at radius 2 is 2.20 bits per heavy atom. The van der Waals surface area contributed by atoms with E-state index in [0.717, 1.165) is 25.6 Å². The molecule has 0 saturated carbocycles. The number of ether oxygens (including phenoxy) is 1. The Labute approximate surface area is 140 Å². The van der Waals surface area contributed by atoms with Crippen LogP contribution in [0.2, 0.25) is 0 Å². The summed E-state index contributed by atoms with van der Waals surface area (Å²) in [4.78, 5) is 3.97. The SMILES string of the molecule is COCCN(Cc1cc(Br)cs1)CC1CCNCC1.Cl. The van der Waals surface area contributed by atoms with E-state index in [1.165, 1.54) is 41.8 Å². The smallest absolute Gasteiger partial charge is 0.0589 e. The fourth-order valence-corrected chi connectivity index (χ4v) is 4.03. The van der Waals surface area contributed by atoms with Gasteiger partial charge in [0.15, 0.2) is 0 Å². The van der Waals surface area contributed by atoms with Crippen LogP contribution in [-0.4, -0.2) is 44.8 Å². The van der Waals surface area contributed by atoms with Gasteiger partial charge in [0.05, 0.1) is 6.61 Å². The molecule has 6 heteroatoms. The number of methoxy groups -OCH3 is 1. The first-order valence-corrected chi connectivity index (χ1v) is 8.60. The lowest BCUT2D eigenvalue weighted by molar-refractivity contribution is 0.127. The number of thiophene rings is 1. The van der Waals surface area contributed by atoms with Crippen LogP contribution in [0.3, 0.4) is 0 Å². The third-order valence-corrected chi connectivity index (χ3v) is 5.27. The van der Waals surface area contributed by atoms with E-state index in [-0.39, 0.29) is 12.4 Å². The first-order valence-electron chi connectivity index (χ1n) is 6.93. The summed E-state index contributed by atoms with van der Waals surface area (Å²) in [6.07, 6.45) is 2.61. The van der Waals surface area contributed by atoms with Crippen LogP contribution in [0.1, 0.15) is 17.7 Å². The van der Waals surface area contributed by atoms with Crippen molar-refractivity contribution in [2.24, 2.45) is 5.92 Å². The van der Waals surface area contributed by atoms with Gasteiger partial charge in [0.2, 0.25) is 0 Å². The van der Waals surface area contributed by atoms with Crippen LogP contribution in [0.5, 0.6) is 0 Å². The van der Waals surface area contributed by atoms with Crippen molar-refractivity contribution in [2.45, 2.75) is 19.4 Å². The van der Waals surface area contributed by atoms with Gasteiger partial charge in [-0.15, -0.1) is 23.7 Å². The summed E-state index contributed by atoms with van der Waals surface area (Å²) < 4.78 is 6.44. The van der Waals surface area contributed by atoms with Crippen LogP contribution in [0.15, 0.2) is 15.9 Å². The minimum atomic E-state index is 0. The van der Waals surface area contributed by atoms with Gasteiger partial charge >= 0.3 is 0 Å². The van der Waals surface area contributed by atoms with E-state index in [1.54, 1.807) is 7.11 Å². The summed E-state index contributed by atoms with van der Waals surface area (Å²) in [5, 5.41) is 5.60. The summed E-state index contributed by atoms with van der Waals surface area (Å²) in [5.41, 5.74) is 0. The molecule has 0 amide bonds. The third-order valence-electron chi connectivity index (χ3n) is 3.59. The average molecular weight is 384 g/mol. The van der Waals surface area contributed by atoms with Crippen LogP contribution >= 0.6 is 39.7 Å². The van der Waals surface area contributed by atoms with Gasteiger partial charge in [-0.05, 0) is 53.8 Å². The van der Waals surface area contributed by atoms with E-state index >= 15 is 0 Å². The predicted molar refractivity (Wildman–Crippen MR) is 92.0 cm³/mol. The van der Waals surface area contributed by atoms with E-state index in [9.17, 15) is 0 Å². The normalized spacial score (nSPS) is 16.4. The summed E-state index contributed by atoms with van der Waals surface area (Å²) in [7, 11) is 1.78. The minimum Gasteiger partial charge on any atom is -0.383 e. The van der Waals surface area contributed by atoms with E-state index in [0.29, 0.717) is 0 Å². The lowest BCUT2D eigenvalue weighted by Crippen LogP contribution is -2.37. The Hall–Kier alpha value is 0.350. The molecule has 20 heavy (non-hydrogen) atoms. The third kappa shape index (κ3) is 6.41. The first-order chi connectivity index (χ1) is 9.28. The Balaban J connectivity index is 0.00000200. The van der Waals surface area contributed by atoms with Gasteiger partial charge in [-0.1, -0.05) is 0 Å². The Morgan fingerprint density at radius 1 is 1.45 bits per heavy atom. The molecule has 1 N–H and O–H groups in total. The molecule has 0 spiro atoms. The molecular weight excluding hydrogens is 360 g/mol. The van der Waals surface area contributed by atoms with Crippen LogP contribution < -0.4 is 5.32 Å². The Morgan fingerprint density at radius 3 is 2.80 bits per heavy atom. The topological polar surface area (TPSA) is 24.5 Å². The molecule has 2 heterocycles. The zero-order valence-corrected chi connectivity index (χ0v) is 15.2. The second kappa shape index (κ2) is 10.1. The highest BCUT2D eigenvalue weighted by Crippen LogP contribution is 2.22. The molecule has 1 aliphatic rings. The molecule has 0 aliphatic carbocycles. The van der Waals surface area contributed by atoms with E-state index in [4.69, 9.17) is 4.74 Å². The van der Waals surface area contributed by atoms with Gasteiger partial charge in [0.1, 0.15) is 0 Å². The van der Waals surface area contributed by atoms with Gasteiger partial charge in [-0.2, -0.15) is 0 Å². The van der Waals surface area contributed by atoms with Crippen LogP contribution in [0, 0.1) is 5.92 Å². The Bertz CT molecular complexity index is 372. The molecule has 116 valence electrons. The number of rotatable bonds is 7. The molecular formula is C14H24BrClN2OS. The zero-order chi connectivity index (χ0) is 13.5. The molecule has 3 nitrogen and oxygen atoms in total. The number of piperidine rings is 1. The summed E-state index contributed by atoms with van der Waals surface area (Å²) in [5.74, 6) is 0.835. The number of hydrogen-bond acceptors (Lipinski definition) is 4.